The van der Waals surface area contributed by atoms with Gasteiger partial charge in [0.2, 0.25) is 15.8 Å². The molecule has 0 saturated heterocycles. The maximum atomic E-state index is 12.8. The summed E-state index contributed by atoms with van der Waals surface area (Å²) in [5.41, 5.74) is 2.55. The minimum atomic E-state index is -3.66. The van der Waals surface area contributed by atoms with Crippen LogP contribution >= 0.6 is 0 Å². The van der Waals surface area contributed by atoms with Gasteiger partial charge in [0.15, 0.2) is 0 Å². The Bertz CT molecular complexity index is 1200. The van der Waals surface area contributed by atoms with Gasteiger partial charge in [0, 0.05) is 39.6 Å². The molecule has 0 aliphatic heterocycles. The molecule has 0 spiro atoms. The van der Waals surface area contributed by atoms with Gasteiger partial charge in [-0.15, -0.1) is 5.10 Å². The lowest BCUT2D eigenvalue weighted by molar-refractivity contribution is 0.101. The zero-order chi connectivity index (χ0) is 21.5. The van der Waals surface area contributed by atoms with Crippen LogP contribution in [0.1, 0.15) is 22.0 Å². The standard InChI is InChI=1S/C18H23N7O3S/c1-11-9-12(2)25-18(19-11)21-16(22-25)17(26)20-14-10-13(29(27,28)24(5)6)7-8-15(14)23(3)4/h7-10H,1-6H3,(H,20,26). The summed E-state index contributed by atoms with van der Waals surface area (Å²) in [5, 5.41) is 6.94. The number of fused-ring (bicyclic) bond motifs is 1. The highest BCUT2D eigenvalue weighted by Gasteiger charge is 2.22. The molecular formula is C18H23N7O3S. The smallest absolute Gasteiger partial charge is 0.295 e. The highest BCUT2D eigenvalue weighted by atomic mass is 32.2. The molecular weight excluding hydrogens is 394 g/mol. The van der Waals surface area contributed by atoms with Gasteiger partial charge in [0.1, 0.15) is 0 Å². The quantitative estimate of drug-likeness (QED) is 0.666. The molecule has 0 bridgehead atoms. The molecule has 0 fully saturated rings. The molecule has 10 nitrogen and oxygen atoms in total. The number of hydrogen-bond acceptors (Lipinski definition) is 7. The zero-order valence-electron chi connectivity index (χ0n) is 17.1. The molecule has 1 N–H and O–H groups in total. The second kappa shape index (κ2) is 7.41. The Morgan fingerprint density at radius 2 is 1.76 bits per heavy atom. The fourth-order valence-electron chi connectivity index (χ4n) is 2.82. The number of nitrogens with one attached hydrogen (secondary N) is 1. The van der Waals surface area contributed by atoms with Crippen LogP contribution in [0.4, 0.5) is 11.4 Å². The summed E-state index contributed by atoms with van der Waals surface area (Å²) in [5.74, 6) is -0.295. The number of benzene rings is 1. The van der Waals surface area contributed by atoms with E-state index >= 15 is 0 Å². The van der Waals surface area contributed by atoms with Crippen LogP contribution in [0.25, 0.3) is 5.78 Å². The Morgan fingerprint density at radius 1 is 1.07 bits per heavy atom. The molecule has 0 saturated carbocycles. The third-order valence-corrected chi connectivity index (χ3v) is 6.11. The van der Waals surface area contributed by atoms with Crippen molar-refractivity contribution in [1.29, 1.82) is 0 Å². The lowest BCUT2D eigenvalue weighted by atomic mass is 10.2. The molecule has 3 rings (SSSR count). The maximum absolute atomic E-state index is 12.8. The lowest BCUT2D eigenvalue weighted by Gasteiger charge is -2.19. The molecule has 2 heterocycles. The molecule has 1 amide bonds. The van der Waals surface area contributed by atoms with Crippen LogP contribution in [0.3, 0.4) is 0 Å². The molecule has 0 radical (unpaired) electrons. The van der Waals surface area contributed by atoms with Crippen LogP contribution in [0.15, 0.2) is 29.2 Å². The van der Waals surface area contributed by atoms with Gasteiger partial charge in [-0.3, -0.25) is 4.79 Å². The number of aryl methyl sites for hydroxylation is 2. The summed E-state index contributed by atoms with van der Waals surface area (Å²) in [4.78, 5) is 23.1. The summed E-state index contributed by atoms with van der Waals surface area (Å²) in [6.07, 6.45) is 0. The second-order valence-corrected chi connectivity index (χ2v) is 9.15. The fourth-order valence-corrected chi connectivity index (χ4v) is 3.75. The first-order valence-corrected chi connectivity index (χ1v) is 10.2. The van der Waals surface area contributed by atoms with Gasteiger partial charge in [-0.2, -0.15) is 4.98 Å². The minimum Gasteiger partial charge on any atom is -0.376 e. The molecule has 1 aromatic carbocycles. The highest BCUT2D eigenvalue weighted by Crippen LogP contribution is 2.29. The van der Waals surface area contributed by atoms with Crippen LogP contribution < -0.4 is 10.2 Å². The van der Waals surface area contributed by atoms with Gasteiger partial charge in [0.25, 0.3) is 11.7 Å². The number of carbonyl (C=O) groups excluding carboxylic acids is 1. The predicted molar refractivity (Wildman–Crippen MR) is 110 cm³/mol. The van der Waals surface area contributed by atoms with Gasteiger partial charge in [0.05, 0.1) is 16.3 Å². The van der Waals surface area contributed by atoms with E-state index in [1.165, 1.54) is 30.7 Å². The second-order valence-electron chi connectivity index (χ2n) is 7.00. The van der Waals surface area contributed by atoms with Gasteiger partial charge >= 0.3 is 0 Å². The normalized spacial score (nSPS) is 11.8. The molecule has 29 heavy (non-hydrogen) atoms. The Morgan fingerprint density at radius 3 is 2.38 bits per heavy atom. The highest BCUT2D eigenvalue weighted by molar-refractivity contribution is 7.89. The van der Waals surface area contributed by atoms with Gasteiger partial charge in [-0.25, -0.2) is 22.2 Å². The van der Waals surface area contributed by atoms with Crippen molar-refractivity contribution in [2.75, 3.05) is 38.4 Å². The molecule has 0 aliphatic rings. The van der Waals surface area contributed by atoms with Crippen molar-refractivity contribution in [2.45, 2.75) is 18.7 Å². The van der Waals surface area contributed by atoms with E-state index in [2.05, 4.69) is 20.4 Å². The fraction of sp³-hybridized carbons (Fsp3) is 0.333. The number of sulfonamides is 1. The van der Waals surface area contributed by atoms with Crippen molar-refractivity contribution < 1.29 is 13.2 Å². The van der Waals surface area contributed by atoms with Crippen LogP contribution in [-0.2, 0) is 10.0 Å². The molecule has 0 unspecified atom stereocenters. The number of carbonyl (C=O) groups is 1. The number of nitrogens with zero attached hydrogens (tertiary/aromatic N) is 6. The Balaban J connectivity index is 2.02. The van der Waals surface area contributed by atoms with E-state index < -0.39 is 15.9 Å². The van der Waals surface area contributed by atoms with Crippen LogP contribution in [0.2, 0.25) is 0 Å². The number of anilines is 2. The summed E-state index contributed by atoms with van der Waals surface area (Å²) < 4.78 is 27.5. The predicted octanol–water partition coefficient (Wildman–Crippen LogP) is 1.31. The topological polar surface area (TPSA) is 113 Å². The maximum Gasteiger partial charge on any atom is 0.295 e. The summed E-state index contributed by atoms with van der Waals surface area (Å²) in [7, 11) is 2.84. The van der Waals surface area contributed by atoms with E-state index in [4.69, 9.17) is 0 Å². The van der Waals surface area contributed by atoms with E-state index in [-0.39, 0.29) is 10.7 Å². The van der Waals surface area contributed by atoms with E-state index in [1.807, 2.05) is 19.9 Å². The van der Waals surface area contributed by atoms with Crippen molar-refractivity contribution in [3.63, 3.8) is 0 Å². The first-order chi connectivity index (χ1) is 13.5. The summed E-state index contributed by atoms with van der Waals surface area (Å²) in [6, 6.07) is 6.40. The molecule has 3 aromatic rings. The molecule has 0 aliphatic carbocycles. The van der Waals surface area contributed by atoms with Crippen LogP contribution in [0, 0.1) is 13.8 Å². The molecule has 0 atom stereocenters. The first kappa shape index (κ1) is 20.7. The van der Waals surface area contributed by atoms with Crippen molar-refractivity contribution in [2.24, 2.45) is 0 Å². The monoisotopic (exact) mass is 417 g/mol. The molecule has 11 heteroatoms. The van der Waals surface area contributed by atoms with Gasteiger partial charge < -0.3 is 10.2 Å². The third kappa shape index (κ3) is 3.91. The summed E-state index contributed by atoms with van der Waals surface area (Å²) in [6.45, 7) is 3.68. The van der Waals surface area contributed by atoms with Crippen LogP contribution in [0.5, 0.6) is 0 Å². The minimum absolute atomic E-state index is 0.0585. The SMILES string of the molecule is Cc1cc(C)n2nc(C(=O)Nc3cc(S(=O)(=O)N(C)C)ccc3N(C)C)nc2n1. The van der Waals surface area contributed by atoms with E-state index in [0.717, 1.165) is 15.7 Å². The van der Waals surface area contributed by atoms with E-state index in [9.17, 15) is 13.2 Å². The molecule has 2 aromatic heterocycles. The van der Waals surface area contributed by atoms with Crippen molar-refractivity contribution in [3.8, 4) is 0 Å². The average molecular weight is 417 g/mol. The largest absolute Gasteiger partial charge is 0.376 e. The summed E-state index contributed by atoms with van der Waals surface area (Å²) >= 11 is 0. The Hall–Kier alpha value is -3.05. The van der Waals surface area contributed by atoms with Gasteiger partial charge in [-0.1, -0.05) is 0 Å². The van der Waals surface area contributed by atoms with Crippen molar-refractivity contribution in [1.82, 2.24) is 23.9 Å². The zero-order valence-corrected chi connectivity index (χ0v) is 17.9. The Labute approximate surface area is 169 Å². The molecule has 154 valence electrons. The average Bonchev–Trinajstić information content (AvgIpc) is 3.05. The number of hydrogen-bond donors (Lipinski definition) is 1. The van der Waals surface area contributed by atoms with E-state index in [0.29, 0.717) is 17.2 Å². The third-order valence-electron chi connectivity index (χ3n) is 4.30. The van der Waals surface area contributed by atoms with Crippen molar-refractivity contribution in [3.05, 3.63) is 41.5 Å². The van der Waals surface area contributed by atoms with Crippen LogP contribution in [-0.4, -0.2) is 66.4 Å². The first-order valence-electron chi connectivity index (χ1n) is 8.77. The number of amides is 1. The van der Waals surface area contributed by atoms with Crippen molar-refractivity contribution >= 4 is 33.1 Å². The number of rotatable bonds is 5. The van der Waals surface area contributed by atoms with Gasteiger partial charge in [-0.05, 0) is 38.1 Å². The van der Waals surface area contributed by atoms with E-state index in [1.54, 1.807) is 25.1 Å². The lowest BCUT2D eigenvalue weighted by Crippen LogP contribution is -2.23. The number of aromatic nitrogens is 4. The Kier molecular flexibility index (Phi) is 5.28.